The molecular weight excluding hydrogens is 190 g/mol. The summed E-state index contributed by atoms with van der Waals surface area (Å²) in [5.74, 6) is 5.69. The van der Waals surface area contributed by atoms with Crippen LogP contribution < -0.4 is 5.84 Å². The van der Waals surface area contributed by atoms with E-state index in [1.54, 1.807) is 11.3 Å². The number of rotatable bonds is 4. The minimum Gasteiger partial charge on any atom is -0.451 e. The van der Waals surface area contributed by atoms with E-state index in [0.29, 0.717) is 0 Å². The van der Waals surface area contributed by atoms with E-state index >= 15 is 0 Å². The Hall–Kier alpha value is -1.13. The summed E-state index contributed by atoms with van der Waals surface area (Å²) in [4.78, 5) is 4.06. The molecule has 0 aliphatic rings. The highest BCUT2D eigenvalue weighted by Crippen LogP contribution is 2.21. The van der Waals surface area contributed by atoms with Crippen molar-refractivity contribution in [3.05, 3.63) is 30.5 Å². The van der Waals surface area contributed by atoms with E-state index in [1.807, 2.05) is 27.8 Å². The second kappa shape index (κ2) is 7.20. The molecule has 0 fully saturated rings. The number of hydrogen-bond donors (Lipinski definition) is 1. The highest BCUT2D eigenvalue weighted by molar-refractivity contribution is 5.05. The van der Waals surface area contributed by atoms with Crippen LogP contribution >= 0.6 is 0 Å². The second-order valence-corrected chi connectivity index (χ2v) is 3.26. The third kappa shape index (κ3) is 4.76. The van der Waals surface area contributed by atoms with Crippen molar-refractivity contribution < 1.29 is 4.42 Å². The predicted octanol–water partition coefficient (Wildman–Crippen LogP) is 2.51. The fraction of sp³-hybridized carbons (Fsp3) is 0.545. The minimum absolute atomic E-state index is 0.0521. The Morgan fingerprint density at radius 3 is 2.60 bits per heavy atom. The molecule has 4 nitrogen and oxygen atoms in total. The average molecular weight is 211 g/mol. The molecule has 0 saturated carbocycles. The van der Waals surface area contributed by atoms with E-state index in [9.17, 15) is 0 Å². The van der Waals surface area contributed by atoms with Gasteiger partial charge in [0.2, 0.25) is 0 Å². The smallest absolute Gasteiger partial charge is 0.180 e. The Morgan fingerprint density at radius 2 is 2.27 bits per heavy atom. The summed E-state index contributed by atoms with van der Waals surface area (Å²) in [7, 11) is 1.81. The van der Waals surface area contributed by atoms with Crippen LogP contribution in [0.5, 0.6) is 0 Å². The van der Waals surface area contributed by atoms with Crippen molar-refractivity contribution in [2.75, 3.05) is 7.05 Å². The molecule has 0 aromatic carbocycles. The highest BCUT2D eigenvalue weighted by Gasteiger charge is 2.16. The summed E-state index contributed by atoms with van der Waals surface area (Å²) in [6.45, 7) is 9.82. The summed E-state index contributed by atoms with van der Waals surface area (Å²) in [6.07, 6.45) is 3.81. The molecule has 1 unspecified atom stereocenters. The topological polar surface area (TPSA) is 55.3 Å². The molecule has 1 heterocycles. The van der Waals surface area contributed by atoms with Crippen molar-refractivity contribution in [1.29, 1.82) is 0 Å². The summed E-state index contributed by atoms with van der Waals surface area (Å²) in [6, 6.07) is 0.0521. The number of nitrogens with zero attached hydrogens (tertiary/aromatic N) is 2. The predicted molar refractivity (Wildman–Crippen MR) is 62.0 cm³/mol. The van der Waals surface area contributed by atoms with E-state index in [4.69, 9.17) is 10.3 Å². The van der Waals surface area contributed by atoms with E-state index < -0.39 is 0 Å². The largest absolute Gasteiger partial charge is 0.451 e. The summed E-state index contributed by atoms with van der Waals surface area (Å²) in [5, 5.41) is 1.62. The molecule has 15 heavy (non-hydrogen) atoms. The molecule has 0 aliphatic carbocycles. The molecule has 0 aliphatic heterocycles. The van der Waals surface area contributed by atoms with Crippen molar-refractivity contribution in [2.24, 2.45) is 5.84 Å². The zero-order valence-corrected chi connectivity index (χ0v) is 10.0. The van der Waals surface area contributed by atoms with Crippen molar-refractivity contribution >= 4 is 0 Å². The van der Waals surface area contributed by atoms with Gasteiger partial charge < -0.3 is 4.42 Å². The molecule has 1 aromatic rings. The van der Waals surface area contributed by atoms with Gasteiger partial charge in [0.05, 0.1) is 11.7 Å². The maximum Gasteiger partial charge on any atom is 0.180 e. The quantitative estimate of drug-likeness (QED) is 0.472. The first kappa shape index (κ1) is 13.9. The molecular formula is C11H21N3O. The fourth-order valence-corrected chi connectivity index (χ4v) is 1.17. The molecule has 1 aromatic heterocycles. The number of nitrogens with two attached hydrogens (primary N) is 1. The Labute approximate surface area is 91.8 Å². The van der Waals surface area contributed by atoms with Crippen LogP contribution in [0.1, 0.15) is 38.9 Å². The molecule has 4 heteroatoms. The SMILES string of the molecule is C=C(C)CC(c1cocn1)N(C)N.CC. The summed E-state index contributed by atoms with van der Waals surface area (Å²) in [5.41, 5.74) is 1.92. The molecule has 0 spiro atoms. The van der Waals surface area contributed by atoms with Crippen LogP contribution in [0.2, 0.25) is 0 Å². The monoisotopic (exact) mass is 211 g/mol. The van der Waals surface area contributed by atoms with E-state index in [1.165, 1.54) is 6.39 Å². The summed E-state index contributed by atoms with van der Waals surface area (Å²) >= 11 is 0. The van der Waals surface area contributed by atoms with Crippen LogP contribution in [-0.2, 0) is 0 Å². The Bertz CT molecular complexity index is 267. The number of hydrogen-bond acceptors (Lipinski definition) is 4. The van der Waals surface area contributed by atoms with E-state index in [0.717, 1.165) is 17.7 Å². The van der Waals surface area contributed by atoms with E-state index in [-0.39, 0.29) is 6.04 Å². The average Bonchev–Trinajstić information content (AvgIpc) is 2.69. The van der Waals surface area contributed by atoms with Crippen molar-refractivity contribution in [1.82, 2.24) is 9.99 Å². The third-order valence-corrected chi connectivity index (χ3v) is 1.83. The van der Waals surface area contributed by atoms with Crippen LogP contribution in [0, 0.1) is 0 Å². The van der Waals surface area contributed by atoms with Gasteiger partial charge in [-0.05, 0) is 13.3 Å². The fourth-order valence-electron chi connectivity index (χ4n) is 1.17. The second-order valence-electron chi connectivity index (χ2n) is 3.26. The van der Waals surface area contributed by atoms with Crippen LogP contribution in [0.25, 0.3) is 0 Å². The highest BCUT2D eigenvalue weighted by atomic mass is 16.3. The zero-order valence-electron chi connectivity index (χ0n) is 10.0. The van der Waals surface area contributed by atoms with Crippen LogP contribution in [0.15, 0.2) is 29.2 Å². The molecule has 1 atom stereocenters. The van der Waals surface area contributed by atoms with Gasteiger partial charge in [-0.2, -0.15) is 0 Å². The Balaban J connectivity index is 0.000000921. The van der Waals surface area contributed by atoms with Gasteiger partial charge in [-0.15, -0.1) is 6.58 Å². The number of hydrazine groups is 1. The number of oxazole rings is 1. The minimum atomic E-state index is 0.0521. The lowest BCUT2D eigenvalue weighted by atomic mass is 10.1. The molecule has 2 N–H and O–H groups in total. The van der Waals surface area contributed by atoms with Crippen LogP contribution in [-0.4, -0.2) is 17.0 Å². The first-order chi connectivity index (χ1) is 7.11. The molecule has 1 rings (SSSR count). The molecule has 86 valence electrons. The maximum atomic E-state index is 5.69. The first-order valence-electron chi connectivity index (χ1n) is 5.11. The van der Waals surface area contributed by atoms with Gasteiger partial charge in [-0.25, -0.2) is 9.99 Å². The maximum absolute atomic E-state index is 5.69. The van der Waals surface area contributed by atoms with Gasteiger partial charge in [-0.1, -0.05) is 19.4 Å². The third-order valence-electron chi connectivity index (χ3n) is 1.83. The standard InChI is InChI=1S/C9H15N3O.C2H6/c1-7(2)4-9(12(3)10)8-5-13-6-11-8;1-2/h5-6,9H,1,4,10H2,2-3H3;1-2H3. The normalized spacial score (nSPS) is 11.9. The molecule has 0 radical (unpaired) electrons. The lowest BCUT2D eigenvalue weighted by molar-refractivity contribution is 0.245. The molecule has 0 saturated heterocycles. The number of aromatic nitrogens is 1. The van der Waals surface area contributed by atoms with Crippen LogP contribution in [0.4, 0.5) is 0 Å². The van der Waals surface area contributed by atoms with Gasteiger partial charge in [0.1, 0.15) is 6.26 Å². The van der Waals surface area contributed by atoms with Gasteiger partial charge in [0, 0.05) is 7.05 Å². The van der Waals surface area contributed by atoms with Gasteiger partial charge in [0.15, 0.2) is 6.39 Å². The lowest BCUT2D eigenvalue weighted by Crippen LogP contribution is -2.31. The van der Waals surface area contributed by atoms with Crippen molar-refractivity contribution in [2.45, 2.75) is 33.2 Å². The Kier molecular flexibility index (Phi) is 6.66. The molecule has 0 bridgehead atoms. The zero-order chi connectivity index (χ0) is 11.8. The first-order valence-corrected chi connectivity index (χ1v) is 5.11. The van der Waals surface area contributed by atoms with E-state index in [2.05, 4.69) is 11.6 Å². The van der Waals surface area contributed by atoms with Crippen molar-refractivity contribution in [3.63, 3.8) is 0 Å². The lowest BCUT2D eigenvalue weighted by Gasteiger charge is -2.21. The van der Waals surface area contributed by atoms with Gasteiger partial charge in [-0.3, -0.25) is 5.84 Å². The van der Waals surface area contributed by atoms with Gasteiger partial charge >= 0.3 is 0 Å². The van der Waals surface area contributed by atoms with Crippen LogP contribution in [0.3, 0.4) is 0 Å². The Morgan fingerprint density at radius 1 is 1.67 bits per heavy atom. The molecule has 0 amide bonds. The summed E-state index contributed by atoms with van der Waals surface area (Å²) < 4.78 is 4.90. The van der Waals surface area contributed by atoms with Crippen molar-refractivity contribution in [3.8, 4) is 0 Å². The van der Waals surface area contributed by atoms with Gasteiger partial charge in [0.25, 0.3) is 0 Å².